The van der Waals surface area contributed by atoms with Gasteiger partial charge in [-0.2, -0.15) is 0 Å². The Labute approximate surface area is 108 Å². The van der Waals surface area contributed by atoms with Crippen LogP contribution < -0.4 is 10.6 Å². The smallest absolute Gasteiger partial charge is 0.315 e. The molecule has 0 spiro atoms. The van der Waals surface area contributed by atoms with Gasteiger partial charge in [0.05, 0.1) is 5.92 Å². The molecule has 18 heavy (non-hydrogen) atoms. The molecule has 0 saturated heterocycles. The molecular weight excluding hydrogens is 232 g/mol. The van der Waals surface area contributed by atoms with Gasteiger partial charge in [0.2, 0.25) is 0 Å². The van der Waals surface area contributed by atoms with E-state index in [4.69, 9.17) is 5.11 Å². The van der Waals surface area contributed by atoms with Crippen molar-refractivity contribution in [3.8, 4) is 0 Å². The molecule has 1 aliphatic carbocycles. The molecule has 1 unspecified atom stereocenters. The molecule has 102 valence electrons. The Bertz CT molecular complexity index is 309. The van der Waals surface area contributed by atoms with Crippen molar-refractivity contribution in [2.45, 2.75) is 51.1 Å². The van der Waals surface area contributed by atoms with Crippen LogP contribution in [0.4, 0.5) is 4.79 Å². The van der Waals surface area contributed by atoms with E-state index in [2.05, 4.69) is 17.2 Å². The SMILES string of the molecule is C=CCC(C)NC(=O)NC1CCC(C(=O)O)CC1. The summed E-state index contributed by atoms with van der Waals surface area (Å²) in [5.41, 5.74) is 0. The van der Waals surface area contributed by atoms with Crippen LogP contribution in [0.15, 0.2) is 12.7 Å². The van der Waals surface area contributed by atoms with Crippen molar-refractivity contribution < 1.29 is 14.7 Å². The maximum Gasteiger partial charge on any atom is 0.315 e. The zero-order chi connectivity index (χ0) is 13.5. The van der Waals surface area contributed by atoms with E-state index in [0.717, 1.165) is 19.3 Å². The van der Waals surface area contributed by atoms with Gasteiger partial charge in [-0.05, 0) is 39.0 Å². The van der Waals surface area contributed by atoms with Crippen molar-refractivity contribution in [3.05, 3.63) is 12.7 Å². The summed E-state index contributed by atoms with van der Waals surface area (Å²) in [5.74, 6) is -0.969. The number of carbonyl (C=O) groups excluding carboxylic acids is 1. The standard InChI is InChI=1S/C13H22N2O3/c1-3-4-9(2)14-13(18)15-11-7-5-10(6-8-11)12(16)17/h3,9-11H,1,4-8H2,2H3,(H,16,17)(H2,14,15,18). The van der Waals surface area contributed by atoms with E-state index < -0.39 is 5.97 Å². The Hall–Kier alpha value is -1.52. The molecule has 1 aliphatic rings. The third-order valence-corrected chi connectivity index (χ3v) is 3.31. The number of rotatable bonds is 5. The first kappa shape index (κ1) is 14.5. The molecule has 0 aromatic rings. The fourth-order valence-electron chi connectivity index (χ4n) is 2.24. The van der Waals surface area contributed by atoms with Crippen molar-refractivity contribution in [3.63, 3.8) is 0 Å². The topological polar surface area (TPSA) is 78.4 Å². The Morgan fingerprint density at radius 3 is 2.50 bits per heavy atom. The normalized spacial score (nSPS) is 24.9. The highest BCUT2D eigenvalue weighted by Gasteiger charge is 2.26. The average Bonchev–Trinajstić information content (AvgIpc) is 2.29. The molecule has 0 heterocycles. The number of carboxylic acids is 1. The monoisotopic (exact) mass is 254 g/mol. The number of aliphatic carboxylic acids is 1. The van der Waals surface area contributed by atoms with Crippen LogP contribution in [0.2, 0.25) is 0 Å². The summed E-state index contributed by atoms with van der Waals surface area (Å²) in [6, 6.07) is -0.0162. The number of carbonyl (C=O) groups is 2. The van der Waals surface area contributed by atoms with Crippen LogP contribution in [0.3, 0.4) is 0 Å². The van der Waals surface area contributed by atoms with Gasteiger partial charge >= 0.3 is 12.0 Å². The Morgan fingerprint density at radius 1 is 1.39 bits per heavy atom. The van der Waals surface area contributed by atoms with E-state index in [1.54, 1.807) is 6.08 Å². The van der Waals surface area contributed by atoms with Gasteiger partial charge in [-0.1, -0.05) is 6.08 Å². The van der Waals surface area contributed by atoms with Crippen LogP contribution in [0, 0.1) is 5.92 Å². The van der Waals surface area contributed by atoms with Gasteiger partial charge in [0.1, 0.15) is 0 Å². The van der Waals surface area contributed by atoms with Crippen LogP contribution in [-0.2, 0) is 4.79 Å². The number of urea groups is 1. The van der Waals surface area contributed by atoms with Crippen LogP contribution in [0.5, 0.6) is 0 Å². The predicted octanol–water partition coefficient (Wildman–Crippen LogP) is 1.89. The highest BCUT2D eigenvalue weighted by molar-refractivity contribution is 5.74. The molecule has 5 nitrogen and oxygen atoms in total. The lowest BCUT2D eigenvalue weighted by atomic mass is 9.86. The second-order valence-corrected chi connectivity index (χ2v) is 4.93. The van der Waals surface area contributed by atoms with Gasteiger partial charge < -0.3 is 15.7 Å². The summed E-state index contributed by atoms with van der Waals surface area (Å²) in [7, 11) is 0. The number of carboxylic acid groups (broad SMARTS) is 1. The molecule has 0 radical (unpaired) electrons. The average molecular weight is 254 g/mol. The first-order chi connectivity index (χ1) is 8.52. The molecule has 2 amide bonds. The Balaban J connectivity index is 2.26. The molecule has 0 bridgehead atoms. The van der Waals surface area contributed by atoms with Gasteiger partial charge in [0.15, 0.2) is 0 Å². The van der Waals surface area contributed by atoms with Crippen molar-refractivity contribution in [1.29, 1.82) is 0 Å². The van der Waals surface area contributed by atoms with Crippen LogP contribution in [0.25, 0.3) is 0 Å². The van der Waals surface area contributed by atoms with Crippen LogP contribution in [-0.4, -0.2) is 29.2 Å². The highest BCUT2D eigenvalue weighted by Crippen LogP contribution is 2.24. The molecule has 1 rings (SSSR count). The summed E-state index contributed by atoms with van der Waals surface area (Å²) in [6.45, 7) is 5.54. The number of hydrogen-bond acceptors (Lipinski definition) is 2. The zero-order valence-corrected chi connectivity index (χ0v) is 10.8. The lowest BCUT2D eigenvalue weighted by Gasteiger charge is -2.27. The van der Waals surface area contributed by atoms with E-state index in [1.165, 1.54) is 0 Å². The fraction of sp³-hybridized carbons (Fsp3) is 0.692. The van der Waals surface area contributed by atoms with E-state index in [9.17, 15) is 9.59 Å². The van der Waals surface area contributed by atoms with Gasteiger partial charge in [-0.15, -0.1) is 6.58 Å². The summed E-state index contributed by atoms with van der Waals surface area (Å²) in [5, 5.41) is 14.6. The first-order valence-electron chi connectivity index (χ1n) is 6.43. The quantitative estimate of drug-likeness (QED) is 0.656. The van der Waals surface area contributed by atoms with Crippen molar-refractivity contribution in [2.75, 3.05) is 0 Å². The Kier molecular flexibility index (Phi) is 5.68. The minimum Gasteiger partial charge on any atom is -0.481 e. The van der Waals surface area contributed by atoms with E-state index in [-0.39, 0.29) is 24.0 Å². The Morgan fingerprint density at radius 2 is 2.00 bits per heavy atom. The fourth-order valence-corrected chi connectivity index (χ4v) is 2.24. The summed E-state index contributed by atoms with van der Waals surface area (Å²) < 4.78 is 0. The summed E-state index contributed by atoms with van der Waals surface area (Å²) in [6.07, 6.45) is 5.26. The maximum atomic E-state index is 11.6. The lowest BCUT2D eigenvalue weighted by Crippen LogP contribution is -2.46. The van der Waals surface area contributed by atoms with E-state index in [1.807, 2.05) is 6.92 Å². The lowest BCUT2D eigenvalue weighted by molar-refractivity contribution is -0.142. The zero-order valence-electron chi connectivity index (χ0n) is 10.8. The molecule has 0 aromatic heterocycles. The summed E-state index contributed by atoms with van der Waals surface area (Å²) >= 11 is 0. The number of hydrogen-bond donors (Lipinski definition) is 3. The second-order valence-electron chi connectivity index (χ2n) is 4.93. The highest BCUT2D eigenvalue weighted by atomic mass is 16.4. The van der Waals surface area contributed by atoms with Gasteiger partial charge in [-0.25, -0.2) is 4.79 Å². The van der Waals surface area contributed by atoms with Crippen molar-refractivity contribution in [2.24, 2.45) is 5.92 Å². The van der Waals surface area contributed by atoms with E-state index in [0.29, 0.717) is 12.8 Å². The number of nitrogens with one attached hydrogen (secondary N) is 2. The van der Waals surface area contributed by atoms with Gasteiger partial charge in [0, 0.05) is 12.1 Å². The van der Waals surface area contributed by atoms with Crippen LogP contribution in [0.1, 0.15) is 39.0 Å². The molecule has 0 aromatic carbocycles. The van der Waals surface area contributed by atoms with Crippen LogP contribution >= 0.6 is 0 Å². The predicted molar refractivity (Wildman–Crippen MR) is 69.3 cm³/mol. The molecule has 1 saturated carbocycles. The molecule has 1 fully saturated rings. The van der Waals surface area contributed by atoms with Gasteiger partial charge in [-0.3, -0.25) is 4.79 Å². The van der Waals surface area contributed by atoms with Crippen molar-refractivity contribution >= 4 is 12.0 Å². The molecule has 0 aliphatic heterocycles. The third kappa shape index (κ3) is 4.77. The van der Waals surface area contributed by atoms with Gasteiger partial charge in [0.25, 0.3) is 0 Å². The van der Waals surface area contributed by atoms with E-state index >= 15 is 0 Å². The first-order valence-corrected chi connectivity index (χ1v) is 6.43. The maximum absolute atomic E-state index is 11.6. The molecule has 5 heteroatoms. The van der Waals surface area contributed by atoms with Crippen molar-refractivity contribution in [1.82, 2.24) is 10.6 Å². The molecular formula is C13H22N2O3. The molecule has 3 N–H and O–H groups in total. The molecule has 1 atom stereocenters. The minimum atomic E-state index is -0.725. The largest absolute Gasteiger partial charge is 0.481 e. The summed E-state index contributed by atoms with van der Waals surface area (Å²) in [4.78, 5) is 22.4. The second kappa shape index (κ2) is 7.03. The number of amides is 2. The minimum absolute atomic E-state index is 0.0675. The third-order valence-electron chi connectivity index (χ3n) is 3.31.